The van der Waals surface area contributed by atoms with E-state index in [1.165, 1.54) is 13.8 Å². The summed E-state index contributed by atoms with van der Waals surface area (Å²) in [5.74, 6) is -0.204. The molecule has 0 aliphatic rings. The minimum atomic E-state index is -0.519. The maximum atomic E-state index is 11.9. The number of ether oxygens (including phenoxy) is 4. The van der Waals surface area contributed by atoms with Crippen LogP contribution in [0.4, 0.5) is 0 Å². The zero-order valence-corrected chi connectivity index (χ0v) is 18.4. The zero-order valence-electron chi connectivity index (χ0n) is 17.6. The van der Waals surface area contributed by atoms with Crippen LogP contribution in [-0.2, 0) is 9.59 Å². The van der Waals surface area contributed by atoms with Crippen molar-refractivity contribution in [3.05, 3.63) is 23.2 Å². The van der Waals surface area contributed by atoms with Gasteiger partial charge in [-0.25, -0.2) is 0 Å². The summed E-state index contributed by atoms with van der Waals surface area (Å²) in [6, 6.07) is 4.99. The van der Waals surface area contributed by atoms with E-state index in [0.717, 1.165) is 0 Å². The highest BCUT2D eigenvalue weighted by atomic mass is 35.5. The summed E-state index contributed by atoms with van der Waals surface area (Å²) in [5, 5.41) is 1.44. The molecule has 0 saturated carbocycles. The minimum absolute atomic E-state index is 0.185. The number of benzene rings is 2. The third-order valence-corrected chi connectivity index (χ3v) is 4.60. The molecule has 0 heterocycles. The van der Waals surface area contributed by atoms with Gasteiger partial charge in [-0.1, -0.05) is 25.4 Å². The first-order chi connectivity index (χ1) is 13.7. The summed E-state index contributed by atoms with van der Waals surface area (Å²) < 4.78 is 23.3. The average molecular weight is 423 g/mol. The molecule has 0 saturated heterocycles. The Balaban J connectivity index is 2.95. The fraction of sp³-hybridized carbons (Fsp3) is 0.455. The summed E-state index contributed by atoms with van der Waals surface area (Å²) in [4.78, 5) is 23.7. The molecule has 158 valence electrons. The highest BCUT2D eigenvalue weighted by molar-refractivity contribution is 6.31. The Morgan fingerprint density at radius 2 is 1.28 bits per heavy atom. The van der Waals surface area contributed by atoms with Gasteiger partial charge in [-0.15, -0.1) is 0 Å². The zero-order chi connectivity index (χ0) is 21.7. The van der Waals surface area contributed by atoms with Gasteiger partial charge in [-0.05, 0) is 44.9 Å². The molecule has 2 unspecified atom stereocenters. The lowest BCUT2D eigenvalue weighted by molar-refractivity contribution is -0.133. The van der Waals surface area contributed by atoms with Crippen LogP contribution in [0.3, 0.4) is 0 Å². The van der Waals surface area contributed by atoms with Crippen molar-refractivity contribution in [2.45, 2.75) is 66.6 Å². The number of halogens is 1. The van der Waals surface area contributed by atoms with Crippen molar-refractivity contribution < 1.29 is 28.5 Å². The third-order valence-electron chi connectivity index (χ3n) is 4.37. The maximum absolute atomic E-state index is 11.9. The van der Waals surface area contributed by atoms with Gasteiger partial charge >= 0.3 is 11.9 Å². The minimum Gasteiger partial charge on any atom is -0.483 e. The summed E-state index contributed by atoms with van der Waals surface area (Å²) in [5.41, 5.74) is 0. The highest BCUT2D eigenvalue weighted by Crippen LogP contribution is 2.52. The molecule has 0 radical (unpaired) electrons. The van der Waals surface area contributed by atoms with Crippen LogP contribution in [0.1, 0.15) is 54.4 Å². The molecular weight excluding hydrogens is 396 g/mol. The van der Waals surface area contributed by atoms with E-state index < -0.39 is 11.9 Å². The van der Waals surface area contributed by atoms with Gasteiger partial charge in [-0.2, -0.15) is 0 Å². The molecule has 2 rings (SSSR count). The van der Waals surface area contributed by atoms with Crippen LogP contribution in [-0.4, -0.2) is 24.1 Å². The Labute approximate surface area is 176 Å². The first-order valence-corrected chi connectivity index (χ1v) is 10.0. The fourth-order valence-electron chi connectivity index (χ4n) is 2.63. The van der Waals surface area contributed by atoms with E-state index in [9.17, 15) is 9.59 Å². The Bertz CT molecular complexity index is 908. The monoisotopic (exact) mass is 422 g/mol. The average Bonchev–Trinajstić information content (AvgIpc) is 2.65. The molecule has 2 aromatic carbocycles. The highest BCUT2D eigenvalue weighted by Gasteiger charge is 2.28. The number of hydrogen-bond donors (Lipinski definition) is 0. The predicted molar refractivity (Wildman–Crippen MR) is 112 cm³/mol. The van der Waals surface area contributed by atoms with Gasteiger partial charge < -0.3 is 18.9 Å². The second kappa shape index (κ2) is 9.83. The van der Waals surface area contributed by atoms with Crippen molar-refractivity contribution in [1.82, 2.24) is 0 Å². The fourth-order valence-corrected chi connectivity index (χ4v) is 2.80. The molecule has 0 amide bonds. The molecule has 0 bridgehead atoms. The van der Waals surface area contributed by atoms with E-state index >= 15 is 0 Å². The van der Waals surface area contributed by atoms with Crippen LogP contribution in [0.2, 0.25) is 5.02 Å². The van der Waals surface area contributed by atoms with E-state index in [1.54, 1.807) is 18.2 Å². The Morgan fingerprint density at radius 1 is 0.828 bits per heavy atom. The summed E-state index contributed by atoms with van der Waals surface area (Å²) in [7, 11) is 0. The Kier molecular flexibility index (Phi) is 7.73. The van der Waals surface area contributed by atoms with E-state index in [1.807, 2.05) is 27.7 Å². The molecule has 6 nitrogen and oxygen atoms in total. The second-order valence-electron chi connectivity index (χ2n) is 6.87. The first kappa shape index (κ1) is 22.8. The standard InChI is InChI=1S/C22H27ClO6/c1-7-12(3)26-21-19(28-14(5)24)17-10-9-16(23)11-18(17)20(29-15(6)25)22(21)27-13(4)8-2/h9-13H,7-8H2,1-6H3. The molecule has 2 atom stereocenters. The van der Waals surface area contributed by atoms with Gasteiger partial charge in [0.2, 0.25) is 11.5 Å². The molecule has 0 aliphatic carbocycles. The molecule has 0 spiro atoms. The van der Waals surface area contributed by atoms with Crippen LogP contribution >= 0.6 is 11.6 Å². The van der Waals surface area contributed by atoms with Gasteiger partial charge in [0, 0.05) is 29.6 Å². The SMILES string of the molecule is CCC(C)Oc1c(OC(C)CC)c(OC(C)=O)c2cc(Cl)ccc2c1OC(C)=O. The lowest BCUT2D eigenvalue weighted by Gasteiger charge is -2.25. The molecule has 29 heavy (non-hydrogen) atoms. The number of fused-ring (bicyclic) bond motifs is 1. The molecule has 0 fully saturated rings. The summed E-state index contributed by atoms with van der Waals surface area (Å²) >= 11 is 6.20. The second-order valence-corrected chi connectivity index (χ2v) is 7.30. The van der Waals surface area contributed by atoms with E-state index in [2.05, 4.69) is 0 Å². The van der Waals surface area contributed by atoms with Crippen molar-refractivity contribution in [3.63, 3.8) is 0 Å². The summed E-state index contributed by atoms with van der Waals surface area (Å²) in [6.07, 6.45) is 1.02. The Hall–Kier alpha value is -2.47. The summed E-state index contributed by atoms with van der Waals surface area (Å²) in [6.45, 7) is 10.3. The number of carbonyl (C=O) groups is 2. The van der Waals surface area contributed by atoms with Gasteiger partial charge in [0.15, 0.2) is 11.5 Å². The van der Waals surface area contributed by atoms with Crippen molar-refractivity contribution in [2.75, 3.05) is 0 Å². The van der Waals surface area contributed by atoms with Crippen LogP contribution in [0.15, 0.2) is 18.2 Å². The molecular formula is C22H27ClO6. The van der Waals surface area contributed by atoms with Gasteiger partial charge in [0.25, 0.3) is 0 Å². The van der Waals surface area contributed by atoms with Gasteiger partial charge in [-0.3, -0.25) is 9.59 Å². The predicted octanol–water partition coefficient (Wildman–Crippen LogP) is 5.70. The molecule has 7 heteroatoms. The normalized spacial score (nSPS) is 12.9. The molecule has 0 aliphatic heterocycles. The van der Waals surface area contributed by atoms with Crippen LogP contribution in [0.5, 0.6) is 23.0 Å². The van der Waals surface area contributed by atoms with E-state index in [0.29, 0.717) is 28.6 Å². The number of hydrogen-bond acceptors (Lipinski definition) is 6. The molecule has 0 N–H and O–H groups in total. The van der Waals surface area contributed by atoms with Crippen LogP contribution in [0.25, 0.3) is 10.8 Å². The first-order valence-electron chi connectivity index (χ1n) is 9.67. The largest absolute Gasteiger partial charge is 0.483 e. The Morgan fingerprint density at radius 3 is 1.69 bits per heavy atom. The van der Waals surface area contributed by atoms with Crippen molar-refractivity contribution in [1.29, 1.82) is 0 Å². The topological polar surface area (TPSA) is 71.1 Å². The lowest BCUT2D eigenvalue weighted by atomic mass is 10.1. The maximum Gasteiger partial charge on any atom is 0.308 e. The van der Waals surface area contributed by atoms with Crippen LogP contribution < -0.4 is 18.9 Å². The van der Waals surface area contributed by atoms with E-state index in [-0.39, 0.29) is 35.2 Å². The number of rotatable bonds is 8. The van der Waals surface area contributed by atoms with Crippen molar-refractivity contribution in [3.8, 4) is 23.0 Å². The quantitative estimate of drug-likeness (QED) is 0.401. The molecule has 0 aromatic heterocycles. The van der Waals surface area contributed by atoms with E-state index in [4.69, 9.17) is 30.5 Å². The van der Waals surface area contributed by atoms with Crippen molar-refractivity contribution >= 4 is 34.3 Å². The van der Waals surface area contributed by atoms with Crippen molar-refractivity contribution in [2.24, 2.45) is 0 Å². The lowest BCUT2D eigenvalue weighted by Crippen LogP contribution is -2.17. The number of carbonyl (C=O) groups excluding carboxylic acids is 2. The van der Waals surface area contributed by atoms with Gasteiger partial charge in [0.1, 0.15) is 0 Å². The number of esters is 2. The van der Waals surface area contributed by atoms with Crippen LogP contribution in [0, 0.1) is 0 Å². The molecule has 2 aromatic rings. The van der Waals surface area contributed by atoms with Gasteiger partial charge in [0.05, 0.1) is 12.2 Å². The third kappa shape index (κ3) is 5.54. The smallest absolute Gasteiger partial charge is 0.308 e.